The number of piperazine rings is 1. The van der Waals surface area contributed by atoms with Gasteiger partial charge in [-0.15, -0.1) is 0 Å². The van der Waals surface area contributed by atoms with Gasteiger partial charge in [-0.25, -0.2) is 14.9 Å². The molecule has 0 saturated carbocycles. The number of carbonyl (C=O) groups excluding carboxylic acids is 1. The summed E-state index contributed by atoms with van der Waals surface area (Å²) in [6.07, 6.45) is 5.34. The van der Waals surface area contributed by atoms with E-state index in [0.29, 0.717) is 41.2 Å². The molecule has 1 aliphatic heterocycles. The number of ether oxygens (including phenoxy) is 1. The zero-order valence-electron chi connectivity index (χ0n) is 25.1. The van der Waals surface area contributed by atoms with E-state index >= 15 is 0 Å². The normalized spacial score (nSPS) is 13.3. The van der Waals surface area contributed by atoms with Crippen LogP contribution in [-0.4, -0.2) is 65.9 Å². The second-order valence-corrected chi connectivity index (χ2v) is 10.7. The van der Waals surface area contributed by atoms with Crippen molar-refractivity contribution >= 4 is 17.8 Å². The number of methoxy groups -OCH3 is 1. The molecule has 0 atom stereocenters. The lowest BCUT2D eigenvalue weighted by molar-refractivity contribution is -0.124. The molecule has 1 fully saturated rings. The number of hydrogen-bond donors (Lipinski definition) is 3. The molecule has 0 spiro atoms. The fourth-order valence-electron chi connectivity index (χ4n) is 5.46. The van der Waals surface area contributed by atoms with E-state index in [4.69, 9.17) is 14.9 Å². The highest BCUT2D eigenvalue weighted by atomic mass is 19.1. The second kappa shape index (κ2) is 14.4. The SMILES string of the molecule is COc1ccc(-c2cnc(N3CCN(CCc4ccc(/C=C/C(=O)NO)cc4)CC3)c(C#N)c2-c2ccc(C#N)c(F)c2)cc1O. The monoisotopic (exact) mass is 618 g/mol. The maximum atomic E-state index is 14.8. The Morgan fingerprint density at radius 1 is 1.04 bits per heavy atom. The summed E-state index contributed by atoms with van der Waals surface area (Å²) in [6.45, 7) is 3.59. The van der Waals surface area contributed by atoms with Crippen molar-refractivity contribution in [3.05, 3.63) is 101 Å². The predicted molar refractivity (Wildman–Crippen MR) is 170 cm³/mol. The minimum Gasteiger partial charge on any atom is -0.504 e. The van der Waals surface area contributed by atoms with Crippen molar-refractivity contribution in [2.24, 2.45) is 0 Å². The number of nitrogens with zero attached hydrogens (tertiary/aromatic N) is 5. The van der Waals surface area contributed by atoms with Gasteiger partial charge in [-0.2, -0.15) is 10.5 Å². The molecule has 1 saturated heterocycles. The van der Waals surface area contributed by atoms with E-state index in [-0.39, 0.29) is 22.6 Å². The molecule has 11 heteroatoms. The molecule has 3 aromatic carbocycles. The van der Waals surface area contributed by atoms with Gasteiger partial charge in [-0.05, 0) is 59.0 Å². The number of aromatic nitrogens is 1. The molecule has 0 bridgehead atoms. The highest BCUT2D eigenvalue weighted by Gasteiger charge is 2.25. The van der Waals surface area contributed by atoms with Crippen LogP contribution in [0.15, 0.2) is 72.9 Å². The first-order valence-electron chi connectivity index (χ1n) is 14.5. The number of carbonyl (C=O) groups is 1. The highest BCUT2D eigenvalue weighted by molar-refractivity contribution is 5.91. The summed E-state index contributed by atoms with van der Waals surface area (Å²) < 4.78 is 20.0. The third kappa shape index (κ3) is 6.97. The number of nitriles is 2. The van der Waals surface area contributed by atoms with Crippen LogP contribution in [0.2, 0.25) is 0 Å². The number of phenols is 1. The molecule has 10 nitrogen and oxygen atoms in total. The van der Waals surface area contributed by atoms with Gasteiger partial charge >= 0.3 is 0 Å². The van der Waals surface area contributed by atoms with Crippen molar-refractivity contribution in [2.45, 2.75) is 6.42 Å². The summed E-state index contributed by atoms with van der Waals surface area (Å²) in [5, 5.41) is 38.8. The Balaban J connectivity index is 1.36. The van der Waals surface area contributed by atoms with Gasteiger partial charge in [-0.1, -0.05) is 36.4 Å². The first-order valence-corrected chi connectivity index (χ1v) is 14.5. The predicted octanol–water partition coefficient (Wildman–Crippen LogP) is 4.90. The van der Waals surface area contributed by atoms with Crippen LogP contribution in [0.4, 0.5) is 10.2 Å². The molecule has 46 heavy (non-hydrogen) atoms. The quantitative estimate of drug-likeness (QED) is 0.136. The van der Waals surface area contributed by atoms with Gasteiger partial charge in [0, 0.05) is 56.1 Å². The van der Waals surface area contributed by atoms with Crippen LogP contribution >= 0.6 is 0 Å². The fraction of sp³-hybridized carbons (Fsp3) is 0.200. The molecule has 3 N–H and O–H groups in total. The number of hydroxylamine groups is 1. The molecule has 1 aromatic heterocycles. The molecule has 2 heterocycles. The Bertz CT molecular complexity index is 1860. The number of aromatic hydroxyl groups is 1. The molecule has 0 unspecified atom stereocenters. The largest absolute Gasteiger partial charge is 0.504 e. The summed E-state index contributed by atoms with van der Waals surface area (Å²) in [5.74, 6) is -0.596. The molecular formula is C35H31FN6O4. The van der Waals surface area contributed by atoms with Gasteiger partial charge < -0.3 is 14.7 Å². The van der Waals surface area contributed by atoms with Crippen molar-refractivity contribution in [1.82, 2.24) is 15.4 Å². The average Bonchev–Trinajstić information content (AvgIpc) is 3.09. The molecule has 4 aromatic rings. The van der Waals surface area contributed by atoms with Crippen LogP contribution < -0.4 is 15.1 Å². The number of phenolic OH excluding ortho intramolecular Hbond substituents is 1. The number of pyridine rings is 1. The molecule has 1 amide bonds. The molecule has 5 rings (SSSR count). The lowest BCUT2D eigenvalue weighted by Gasteiger charge is -2.36. The maximum Gasteiger partial charge on any atom is 0.267 e. The van der Waals surface area contributed by atoms with Crippen LogP contribution in [0.3, 0.4) is 0 Å². The van der Waals surface area contributed by atoms with E-state index in [1.807, 2.05) is 30.3 Å². The van der Waals surface area contributed by atoms with E-state index in [2.05, 4.69) is 15.9 Å². The standard InChI is InChI=1S/C35H31FN6O4/c1-46-32-10-9-25(19-31(32)43)29-22-39-35(28(21-38)34(29)26-7-8-27(20-37)30(36)18-26)42-16-14-41(15-17-42)13-12-24-4-2-23(3-5-24)6-11-33(44)40-45/h2-11,18-19,22,43,45H,12-17H2,1H3,(H,40,44)/b11-6+. The van der Waals surface area contributed by atoms with Crippen LogP contribution in [0, 0.1) is 28.5 Å². The van der Waals surface area contributed by atoms with Crippen LogP contribution in [0.25, 0.3) is 28.3 Å². The smallest absolute Gasteiger partial charge is 0.267 e. The lowest BCUT2D eigenvalue weighted by atomic mass is 9.91. The number of halogens is 1. The van der Waals surface area contributed by atoms with Crippen molar-refractivity contribution in [3.63, 3.8) is 0 Å². The van der Waals surface area contributed by atoms with Gasteiger partial charge in [0.2, 0.25) is 0 Å². The van der Waals surface area contributed by atoms with E-state index in [1.54, 1.807) is 36.0 Å². The maximum absolute atomic E-state index is 14.8. The number of nitrogens with one attached hydrogen (secondary N) is 1. The topological polar surface area (TPSA) is 146 Å². The first kappa shape index (κ1) is 31.7. The molecule has 232 valence electrons. The van der Waals surface area contributed by atoms with E-state index in [1.165, 1.54) is 31.4 Å². The van der Waals surface area contributed by atoms with Crippen LogP contribution in [0.1, 0.15) is 22.3 Å². The first-order chi connectivity index (χ1) is 22.3. The van der Waals surface area contributed by atoms with Crippen molar-refractivity contribution in [3.8, 4) is 45.9 Å². The Hall–Kier alpha value is -5.75. The summed E-state index contributed by atoms with van der Waals surface area (Å²) >= 11 is 0. The second-order valence-electron chi connectivity index (χ2n) is 10.7. The summed E-state index contributed by atoms with van der Waals surface area (Å²) in [6, 6.07) is 21.1. The minimum absolute atomic E-state index is 0.0875. The third-order valence-corrected chi connectivity index (χ3v) is 7.94. The number of hydrogen-bond acceptors (Lipinski definition) is 9. The summed E-state index contributed by atoms with van der Waals surface area (Å²) in [4.78, 5) is 20.3. The Labute approximate surface area is 265 Å². The van der Waals surface area contributed by atoms with Crippen molar-refractivity contribution < 1.29 is 24.2 Å². The molecule has 1 aliphatic rings. The Morgan fingerprint density at radius 2 is 1.78 bits per heavy atom. The Morgan fingerprint density at radius 3 is 2.41 bits per heavy atom. The zero-order chi connectivity index (χ0) is 32.6. The fourth-order valence-corrected chi connectivity index (χ4v) is 5.46. The summed E-state index contributed by atoms with van der Waals surface area (Å²) in [5.41, 5.74) is 5.70. The third-order valence-electron chi connectivity index (χ3n) is 7.94. The Kier molecular flexibility index (Phi) is 9.88. The zero-order valence-corrected chi connectivity index (χ0v) is 25.1. The average molecular weight is 619 g/mol. The van der Waals surface area contributed by atoms with E-state index < -0.39 is 11.7 Å². The lowest BCUT2D eigenvalue weighted by Crippen LogP contribution is -2.47. The summed E-state index contributed by atoms with van der Waals surface area (Å²) in [7, 11) is 1.45. The minimum atomic E-state index is -0.695. The van der Waals surface area contributed by atoms with Crippen LogP contribution in [0.5, 0.6) is 11.5 Å². The number of amides is 1. The van der Waals surface area contributed by atoms with Gasteiger partial charge in [0.25, 0.3) is 5.91 Å². The van der Waals surface area contributed by atoms with Gasteiger partial charge in [0.05, 0.1) is 12.7 Å². The number of anilines is 1. The van der Waals surface area contributed by atoms with Gasteiger partial charge in [0.15, 0.2) is 11.5 Å². The number of rotatable bonds is 9. The van der Waals surface area contributed by atoms with Gasteiger partial charge in [0.1, 0.15) is 29.3 Å². The molecule has 0 radical (unpaired) electrons. The molecular weight excluding hydrogens is 587 g/mol. The van der Waals surface area contributed by atoms with E-state index in [9.17, 15) is 24.8 Å². The van der Waals surface area contributed by atoms with Crippen molar-refractivity contribution in [1.29, 1.82) is 10.5 Å². The van der Waals surface area contributed by atoms with Crippen molar-refractivity contribution in [2.75, 3.05) is 44.7 Å². The highest BCUT2D eigenvalue weighted by Crippen LogP contribution is 2.41. The molecule has 0 aliphatic carbocycles. The number of benzene rings is 3. The van der Waals surface area contributed by atoms with E-state index in [0.717, 1.165) is 37.2 Å². The van der Waals surface area contributed by atoms with Crippen LogP contribution in [-0.2, 0) is 11.2 Å². The van der Waals surface area contributed by atoms with Gasteiger partial charge in [-0.3, -0.25) is 14.9 Å².